The van der Waals surface area contributed by atoms with Crippen LogP contribution >= 0.6 is 0 Å². The highest BCUT2D eigenvalue weighted by Crippen LogP contribution is 2.22. The van der Waals surface area contributed by atoms with Crippen LogP contribution in [0.25, 0.3) is 11.5 Å². The minimum absolute atomic E-state index is 0.0177. The zero-order valence-electron chi connectivity index (χ0n) is 12.9. The number of nitrogens with one attached hydrogen (secondary N) is 1. The highest BCUT2D eigenvalue weighted by Gasteiger charge is 2.15. The predicted molar refractivity (Wildman–Crippen MR) is 82.2 cm³/mol. The Balaban J connectivity index is 1.74. The van der Waals surface area contributed by atoms with Gasteiger partial charge in [0.1, 0.15) is 5.75 Å². The molecule has 2 aromatic heterocycles. The third-order valence-corrected chi connectivity index (χ3v) is 3.33. The number of rotatable bonds is 4. The van der Waals surface area contributed by atoms with Crippen molar-refractivity contribution in [3.63, 3.8) is 0 Å². The number of methoxy groups -OCH3 is 1. The van der Waals surface area contributed by atoms with Crippen LogP contribution in [-0.2, 0) is 7.05 Å². The Morgan fingerprint density at radius 1 is 1.26 bits per heavy atom. The first-order valence-electron chi connectivity index (χ1n) is 6.87. The zero-order valence-corrected chi connectivity index (χ0v) is 12.9. The molecule has 0 saturated heterocycles. The fourth-order valence-electron chi connectivity index (χ4n) is 1.96. The molecule has 0 bridgehead atoms. The van der Waals surface area contributed by atoms with Crippen LogP contribution in [0.5, 0.6) is 5.75 Å². The van der Waals surface area contributed by atoms with Gasteiger partial charge in [-0.25, -0.2) is 0 Å². The van der Waals surface area contributed by atoms with Gasteiger partial charge in [-0.15, -0.1) is 5.10 Å². The Morgan fingerprint density at radius 2 is 2.00 bits per heavy atom. The molecule has 0 radical (unpaired) electrons. The number of aromatic nitrogens is 4. The fourth-order valence-corrected chi connectivity index (χ4v) is 1.96. The molecule has 0 fully saturated rings. The quantitative estimate of drug-likeness (QED) is 0.792. The molecule has 0 unspecified atom stereocenters. The molecular weight excluding hydrogens is 298 g/mol. The number of aryl methyl sites for hydroxylation is 2. The average molecular weight is 313 g/mol. The molecule has 0 aliphatic carbocycles. The molecule has 3 rings (SSSR count). The van der Waals surface area contributed by atoms with Crippen molar-refractivity contribution >= 4 is 11.9 Å². The molecule has 23 heavy (non-hydrogen) atoms. The van der Waals surface area contributed by atoms with E-state index < -0.39 is 5.91 Å². The summed E-state index contributed by atoms with van der Waals surface area (Å²) >= 11 is 0. The first-order chi connectivity index (χ1) is 11.1. The summed E-state index contributed by atoms with van der Waals surface area (Å²) in [6.07, 6.45) is 0. The third-order valence-electron chi connectivity index (χ3n) is 3.33. The summed E-state index contributed by atoms with van der Waals surface area (Å²) in [5, 5.41) is 14.4. The number of amides is 1. The molecule has 0 saturated carbocycles. The van der Waals surface area contributed by atoms with E-state index in [2.05, 4.69) is 20.6 Å². The lowest BCUT2D eigenvalue weighted by atomic mass is 10.2. The van der Waals surface area contributed by atoms with Gasteiger partial charge in [-0.2, -0.15) is 5.10 Å². The minimum Gasteiger partial charge on any atom is -0.497 e. The summed E-state index contributed by atoms with van der Waals surface area (Å²) in [4.78, 5) is 12.1. The second kappa shape index (κ2) is 5.91. The van der Waals surface area contributed by atoms with Crippen molar-refractivity contribution in [1.29, 1.82) is 0 Å². The molecule has 0 spiro atoms. The maximum Gasteiger partial charge on any atom is 0.322 e. The lowest BCUT2D eigenvalue weighted by Gasteiger charge is -1.99. The standard InChI is InChI=1S/C15H15N5O3/c1-9-8-12(19-20(9)2)13(21)16-15-18-17-14(23-15)10-4-6-11(22-3)7-5-10/h4-8H,1-3H3,(H,16,18,21). The van der Waals surface area contributed by atoms with Crippen molar-refractivity contribution in [2.24, 2.45) is 7.05 Å². The lowest BCUT2D eigenvalue weighted by molar-refractivity contribution is 0.101. The van der Waals surface area contributed by atoms with Gasteiger partial charge < -0.3 is 9.15 Å². The first kappa shape index (κ1) is 14.8. The van der Waals surface area contributed by atoms with Crippen LogP contribution in [0.1, 0.15) is 16.2 Å². The topological polar surface area (TPSA) is 95.1 Å². The summed E-state index contributed by atoms with van der Waals surface area (Å²) in [6.45, 7) is 1.86. The minimum atomic E-state index is -0.404. The molecule has 8 nitrogen and oxygen atoms in total. The Labute approximate surface area is 132 Å². The van der Waals surface area contributed by atoms with Crippen LogP contribution in [0.2, 0.25) is 0 Å². The van der Waals surface area contributed by atoms with E-state index in [4.69, 9.17) is 9.15 Å². The van der Waals surface area contributed by atoms with Crippen LogP contribution in [0.4, 0.5) is 6.01 Å². The summed E-state index contributed by atoms with van der Waals surface area (Å²) in [5.41, 5.74) is 1.89. The van der Waals surface area contributed by atoms with Gasteiger partial charge in [-0.3, -0.25) is 14.8 Å². The van der Waals surface area contributed by atoms with Crippen molar-refractivity contribution in [3.8, 4) is 17.2 Å². The van der Waals surface area contributed by atoms with E-state index >= 15 is 0 Å². The number of hydrogen-bond donors (Lipinski definition) is 1. The predicted octanol–water partition coefficient (Wildman–Crippen LogP) is 2.04. The Kier molecular flexibility index (Phi) is 3.80. The molecule has 1 N–H and O–H groups in total. The Morgan fingerprint density at radius 3 is 2.61 bits per heavy atom. The van der Waals surface area contributed by atoms with Crippen molar-refractivity contribution in [1.82, 2.24) is 20.0 Å². The van der Waals surface area contributed by atoms with Gasteiger partial charge in [0.05, 0.1) is 7.11 Å². The Hall–Kier alpha value is -3.16. The van der Waals surface area contributed by atoms with E-state index in [0.717, 1.165) is 17.0 Å². The maximum atomic E-state index is 12.1. The molecule has 1 amide bonds. The number of carbonyl (C=O) groups is 1. The third kappa shape index (κ3) is 3.05. The highest BCUT2D eigenvalue weighted by molar-refractivity contribution is 6.01. The van der Waals surface area contributed by atoms with Crippen LogP contribution in [0.3, 0.4) is 0 Å². The van der Waals surface area contributed by atoms with Crippen molar-refractivity contribution < 1.29 is 13.9 Å². The van der Waals surface area contributed by atoms with E-state index in [1.807, 2.05) is 6.92 Å². The fraction of sp³-hybridized carbons (Fsp3) is 0.200. The molecule has 3 aromatic rings. The van der Waals surface area contributed by atoms with Crippen LogP contribution in [-0.4, -0.2) is 33.0 Å². The zero-order chi connectivity index (χ0) is 16.4. The molecule has 1 aromatic carbocycles. The molecule has 2 heterocycles. The van der Waals surface area contributed by atoms with Crippen LogP contribution < -0.4 is 10.1 Å². The number of carbonyl (C=O) groups excluding carboxylic acids is 1. The summed E-state index contributed by atoms with van der Waals surface area (Å²) < 4.78 is 12.2. The monoisotopic (exact) mass is 313 g/mol. The van der Waals surface area contributed by atoms with E-state index in [-0.39, 0.29) is 11.7 Å². The number of nitrogens with zero attached hydrogens (tertiary/aromatic N) is 4. The van der Waals surface area contributed by atoms with Crippen LogP contribution in [0.15, 0.2) is 34.7 Å². The van der Waals surface area contributed by atoms with Gasteiger partial charge in [0.25, 0.3) is 5.91 Å². The second-order valence-electron chi connectivity index (χ2n) is 4.89. The van der Waals surface area contributed by atoms with Crippen molar-refractivity contribution in [2.45, 2.75) is 6.92 Å². The first-order valence-corrected chi connectivity index (χ1v) is 6.87. The molecular formula is C15H15N5O3. The van der Waals surface area contributed by atoms with Gasteiger partial charge >= 0.3 is 6.01 Å². The van der Waals surface area contributed by atoms with E-state index in [1.165, 1.54) is 0 Å². The van der Waals surface area contributed by atoms with E-state index in [9.17, 15) is 4.79 Å². The average Bonchev–Trinajstić information content (AvgIpc) is 3.15. The summed E-state index contributed by atoms with van der Waals surface area (Å²) in [5.74, 6) is 0.631. The van der Waals surface area contributed by atoms with Gasteiger partial charge in [0, 0.05) is 18.3 Å². The van der Waals surface area contributed by atoms with Gasteiger partial charge in [0.2, 0.25) is 5.89 Å². The lowest BCUT2D eigenvalue weighted by Crippen LogP contribution is -2.13. The van der Waals surface area contributed by atoms with Crippen molar-refractivity contribution in [3.05, 3.63) is 41.7 Å². The molecule has 0 atom stereocenters. The molecule has 0 aliphatic rings. The summed E-state index contributed by atoms with van der Waals surface area (Å²) in [7, 11) is 3.36. The second-order valence-corrected chi connectivity index (χ2v) is 4.89. The normalized spacial score (nSPS) is 10.6. The smallest absolute Gasteiger partial charge is 0.322 e. The summed E-state index contributed by atoms with van der Waals surface area (Å²) in [6, 6.07) is 8.85. The van der Waals surface area contributed by atoms with E-state index in [1.54, 1.807) is 49.2 Å². The van der Waals surface area contributed by atoms with Crippen LogP contribution in [0, 0.1) is 6.92 Å². The number of hydrogen-bond acceptors (Lipinski definition) is 6. The van der Waals surface area contributed by atoms with Gasteiger partial charge in [-0.05, 0) is 37.3 Å². The number of ether oxygens (including phenoxy) is 1. The Bertz CT molecular complexity index is 816. The SMILES string of the molecule is COc1ccc(-c2nnc(NC(=O)c3cc(C)n(C)n3)o2)cc1. The van der Waals surface area contributed by atoms with Gasteiger partial charge in [-0.1, -0.05) is 5.10 Å². The van der Waals surface area contributed by atoms with Gasteiger partial charge in [0.15, 0.2) is 5.69 Å². The molecule has 8 heteroatoms. The van der Waals surface area contributed by atoms with Crippen molar-refractivity contribution in [2.75, 3.05) is 12.4 Å². The number of anilines is 1. The highest BCUT2D eigenvalue weighted by atomic mass is 16.5. The molecule has 0 aliphatic heterocycles. The maximum absolute atomic E-state index is 12.1. The largest absolute Gasteiger partial charge is 0.497 e. The number of benzene rings is 1. The molecule has 118 valence electrons. The van der Waals surface area contributed by atoms with E-state index in [0.29, 0.717) is 5.89 Å².